The molecule has 0 N–H and O–H groups in total. The van der Waals surface area contributed by atoms with Crippen LogP contribution in [0.25, 0.3) is 0 Å². The fourth-order valence-electron chi connectivity index (χ4n) is 0.497. The van der Waals surface area contributed by atoms with Crippen LogP contribution in [0.4, 0.5) is 4.79 Å². The minimum atomic E-state index is -1.50. The van der Waals surface area contributed by atoms with Gasteiger partial charge in [-0.1, -0.05) is 0 Å². The fourth-order valence-corrected chi connectivity index (χ4v) is 0.497. The third-order valence-electron chi connectivity index (χ3n) is 1.92. The van der Waals surface area contributed by atoms with Gasteiger partial charge >= 0.3 is 0 Å². The van der Waals surface area contributed by atoms with Gasteiger partial charge in [-0.05, 0) is 6.92 Å². The SMILES string of the molecule is CC[N+](C)(C)CCOC.COC(=O)[O-]. The van der Waals surface area contributed by atoms with Gasteiger partial charge in [-0.3, -0.25) is 0 Å². The minimum Gasteiger partial charge on any atom is -0.553 e. The van der Waals surface area contributed by atoms with Crippen LogP contribution in [-0.4, -0.2) is 58.6 Å². The number of nitrogens with zero attached hydrogens (tertiary/aromatic N) is 1. The van der Waals surface area contributed by atoms with Gasteiger partial charge in [-0.2, -0.15) is 0 Å². The number of likely N-dealkylation sites (N-methyl/N-ethyl adjacent to an activating group) is 1. The van der Waals surface area contributed by atoms with Crippen molar-refractivity contribution in [2.45, 2.75) is 6.92 Å². The van der Waals surface area contributed by atoms with Crippen LogP contribution in [0.1, 0.15) is 6.92 Å². The van der Waals surface area contributed by atoms with Crippen LogP contribution in [0.3, 0.4) is 0 Å². The summed E-state index contributed by atoms with van der Waals surface area (Å²) in [5, 5.41) is 9.03. The van der Waals surface area contributed by atoms with Crippen LogP contribution in [-0.2, 0) is 9.47 Å². The van der Waals surface area contributed by atoms with Crippen molar-refractivity contribution >= 4 is 6.16 Å². The molecule has 0 atom stereocenters. The van der Waals surface area contributed by atoms with Gasteiger partial charge in [0.05, 0.1) is 27.2 Å². The molecule has 0 aliphatic heterocycles. The van der Waals surface area contributed by atoms with Gasteiger partial charge in [0.1, 0.15) is 6.54 Å². The summed E-state index contributed by atoms with van der Waals surface area (Å²) in [5.41, 5.74) is 0. The Morgan fingerprint density at radius 2 is 1.79 bits per heavy atom. The zero-order valence-electron chi connectivity index (χ0n) is 9.70. The first-order valence-electron chi connectivity index (χ1n) is 4.45. The van der Waals surface area contributed by atoms with Crippen molar-refractivity contribution in [3.63, 3.8) is 0 Å². The van der Waals surface area contributed by atoms with Crippen molar-refractivity contribution < 1.29 is 23.9 Å². The van der Waals surface area contributed by atoms with E-state index < -0.39 is 6.16 Å². The smallest absolute Gasteiger partial charge is 0.251 e. The molecular formula is C9H21NO4. The van der Waals surface area contributed by atoms with Crippen LogP contribution in [0, 0.1) is 0 Å². The molecule has 0 fully saturated rings. The number of carbonyl (C=O) groups excluding carboxylic acids is 1. The summed E-state index contributed by atoms with van der Waals surface area (Å²) in [6, 6.07) is 0. The van der Waals surface area contributed by atoms with Crippen molar-refractivity contribution in [3.05, 3.63) is 0 Å². The van der Waals surface area contributed by atoms with Gasteiger partial charge in [0.2, 0.25) is 0 Å². The fraction of sp³-hybridized carbons (Fsp3) is 0.889. The molecule has 0 spiro atoms. The lowest BCUT2D eigenvalue weighted by molar-refractivity contribution is -0.888. The highest BCUT2D eigenvalue weighted by Crippen LogP contribution is 1.93. The Morgan fingerprint density at radius 3 is 2.00 bits per heavy atom. The maximum Gasteiger partial charge on any atom is 0.251 e. The maximum absolute atomic E-state index is 9.03. The van der Waals surface area contributed by atoms with E-state index in [2.05, 4.69) is 25.8 Å². The van der Waals surface area contributed by atoms with E-state index in [1.54, 1.807) is 7.11 Å². The van der Waals surface area contributed by atoms with Gasteiger partial charge in [0.15, 0.2) is 0 Å². The molecule has 0 aliphatic carbocycles. The van der Waals surface area contributed by atoms with Crippen LogP contribution in [0.5, 0.6) is 0 Å². The van der Waals surface area contributed by atoms with Crippen molar-refractivity contribution in [1.82, 2.24) is 0 Å². The topological polar surface area (TPSA) is 58.6 Å². The van der Waals surface area contributed by atoms with E-state index in [0.717, 1.165) is 24.7 Å². The van der Waals surface area contributed by atoms with Crippen molar-refractivity contribution in [3.8, 4) is 0 Å². The van der Waals surface area contributed by atoms with Crippen molar-refractivity contribution in [2.24, 2.45) is 0 Å². The summed E-state index contributed by atoms with van der Waals surface area (Å²) in [6.45, 7) is 5.33. The van der Waals surface area contributed by atoms with E-state index in [1.807, 2.05) is 0 Å². The number of hydrogen-bond acceptors (Lipinski definition) is 4. The lowest BCUT2D eigenvalue weighted by atomic mass is 10.4. The average molecular weight is 207 g/mol. The number of ether oxygens (including phenoxy) is 2. The second-order valence-electron chi connectivity index (χ2n) is 3.42. The standard InChI is InChI=1S/C7H18NO.C2H4O3/c1-5-8(2,3)6-7-9-4;1-5-2(3)4/h5-7H2,1-4H3;1H3,(H,3,4)/q+1;/p-1. The summed E-state index contributed by atoms with van der Waals surface area (Å²) in [7, 11) is 7.20. The van der Waals surface area contributed by atoms with E-state index in [9.17, 15) is 0 Å². The lowest BCUT2D eigenvalue weighted by Gasteiger charge is -2.27. The molecule has 0 heterocycles. The Labute approximate surface area is 85.8 Å². The third-order valence-corrected chi connectivity index (χ3v) is 1.92. The Balaban J connectivity index is 0. The first kappa shape index (κ1) is 15.7. The normalized spacial score (nSPS) is 10.1. The van der Waals surface area contributed by atoms with Gasteiger partial charge < -0.3 is 23.9 Å². The molecule has 86 valence electrons. The second kappa shape index (κ2) is 8.77. The second-order valence-corrected chi connectivity index (χ2v) is 3.42. The third kappa shape index (κ3) is 13.8. The molecule has 0 saturated heterocycles. The molecular weight excluding hydrogens is 186 g/mol. The highest BCUT2D eigenvalue weighted by molar-refractivity contribution is 5.53. The quantitative estimate of drug-likeness (QED) is 0.469. The molecule has 0 amide bonds. The highest BCUT2D eigenvalue weighted by Gasteiger charge is 2.09. The number of quaternary nitrogens is 1. The van der Waals surface area contributed by atoms with Gasteiger partial charge in [0, 0.05) is 14.2 Å². The number of methoxy groups -OCH3 is 2. The molecule has 5 nitrogen and oxygen atoms in total. The number of carbonyl (C=O) groups is 1. The van der Waals surface area contributed by atoms with Gasteiger partial charge in [-0.25, -0.2) is 0 Å². The number of carboxylic acid groups (broad SMARTS) is 1. The predicted octanol–water partition coefficient (Wildman–Crippen LogP) is -0.295. The Kier molecular flexibility index (Phi) is 9.81. The molecule has 0 aromatic rings. The molecule has 0 bridgehead atoms. The zero-order chi connectivity index (χ0) is 11.6. The largest absolute Gasteiger partial charge is 0.553 e. The van der Waals surface area contributed by atoms with Crippen LogP contribution >= 0.6 is 0 Å². The Morgan fingerprint density at radius 1 is 1.36 bits per heavy atom. The van der Waals surface area contributed by atoms with Crippen LogP contribution < -0.4 is 5.11 Å². The summed E-state index contributed by atoms with van der Waals surface area (Å²) in [6.07, 6.45) is -1.50. The monoisotopic (exact) mass is 207 g/mol. The van der Waals surface area contributed by atoms with Crippen LogP contribution in [0.15, 0.2) is 0 Å². The molecule has 0 aromatic carbocycles. The molecule has 14 heavy (non-hydrogen) atoms. The molecule has 0 aromatic heterocycles. The van der Waals surface area contributed by atoms with Crippen LogP contribution in [0.2, 0.25) is 0 Å². The molecule has 0 radical (unpaired) electrons. The lowest BCUT2D eigenvalue weighted by Crippen LogP contribution is -2.41. The average Bonchev–Trinajstić information content (AvgIpc) is 2.16. The Bertz CT molecular complexity index is 148. The summed E-state index contributed by atoms with van der Waals surface area (Å²) in [5.74, 6) is 0. The molecule has 0 aliphatic rings. The van der Waals surface area contributed by atoms with Gasteiger partial charge in [-0.15, -0.1) is 0 Å². The maximum atomic E-state index is 9.03. The number of rotatable bonds is 4. The molecule has 5 heteroatoms. The highest BCUT2D eigenvalue weighted by atomic mass is 16.6. The summed E-state index contributed by atoms with van der Waals surface area (Å²) in [4.78, 5) is 9.03. The molecule has 0 unspecified atom stereocenters. The summed E-state index contributed by atoms with van der Waals surface area (Å²) >= 11 is 0. The van der Waals surface area contributed by atoms with E-state index in [-0.39, 0.29) is 0 Å². The van der Waals surface area contributed by atoms with E-state index in [0.29, 0.717) is 0 Å². The minimum absolute atomic E-state index is 0.862. The van der Waals surface area contributed by atoms with Crippen molar-refractivity contribution in [1.29, 1.82) is 0 Å². The zero-order valence-corrected chi connectivity index (χ0v) is 9.70. The number of hydrogen-bond donors (Lipinski definition) is 0. The first-order valence-corrected chi connectivity index (χ1v) is 4.45. The predicted molar refractivity (Wildman–Crippen MR) is 51.8 cm³/mol. The van der Waals surface area contributed by atoms with E-state index in [1.165, 1.54) is 6.54 Å². The van der Waals surface area contributed by atoms with E-state index in [4.69, 9.17) is 14.6 Å². The Hall–Kier alpha value is -0.810. The van der Waals surface area contributed by atoms with E-state index >= 15 is 0 Å². The first-order chi connectivity index (χ1) is 6.39. The van der Waals surface area contributed by atoms with Crippen molar-refractivity contribution in [2.75, 3.05) is 48.0 Å². The summed E-state index contributed by atoms with van der Waals surface area (Å²) < 4.78 is 9.57. The molecule has 0 rings (SSSR count). The van der Waals surface area contributed by atoms with Gasteiger partial charge in [0.25, 0.3) is 6.16 Å². The molecule has 0 saturated carbocycles.